The molecule has 2 aromatic carbocycles. The van der Waals surface area contributed by atoms with E-state index in [2.05, 4.69) is 16.0 Å². The summed E-state index contributed by atoms with van der Waals surface area (Å²) in [4.78, 5) is 63.0. The van der Waals surface area contributed by atoms with Crippen molar-refractivity contribution >= 4 is 40.9 Å². The molecule has 1 fully saturated rings. The summed E-state index contributed by atoms with van der Waals surface area (Å²) in [7, 11) is 1.49. The minimum atomic E-state index is -0.732. The van der Waals surface area contributed by atoms with Gasteiger partial charge in [0, 0.05) is 48.5 Å². The maximum Gasteiger partial charge on any atom is 0.255 e. The van der Waals surface area contributed by atoms with Gasteiger partial charge in [0.25, 0.3) is 11.8 Å². The zero-order valence-electron chi connectivity index (χ0n) is 24.6. The van der Waals surface area contributed by atoms with Crippen molar-refractivity contribution in [2.24, 2.45) is 5.73 Å². The van der Waals surface area contributed by atoms with Gasteiger partial charge >= 0.3 is 0 Å². The van der Waals surface area contributed by atoms with Crippen molar-refractivity contribution in [2.75, 3.05) is 51.1 Å². The Bertz CT molecular complexity index is 1400. The van der Waals surface area contributed by atoms with Crippen LogP contribution >= 0.6 is 0 Å². The Morgan fingerprint density at radius 3 is 2.64 bits per heavy atom. The van der Waals surface area contributed by atoms with E-state index < -0.39 is 18.0 Å². The van der Waals surface area contributed by atoms with E-state index in [0.29, 0.717) is 53.4 Å². The lowest BCUT2D eigenvalue weighted by atomic mass is 10.0. The number of fused-ring (bicyclic) bond motifs is 1. The highest BCUT2D eigenvalue weighted by Gasteiger charge is 2.39. The van der Waals surface area contributed by atoms with Crippen molar-refractivity contribution < 1.29 is 38.2 Å². The highest BCUT2D eigenvalue weighted by molar-refractivity contribution is 6.06. The van der Waals surface area contributed by atoms with Gasteiger partial charge in [-0.2, -0.15) is 0 Å². The zero-order chi connectivity index (χ0) is 31.6. The van der Waals surface area contributed by atoms with E-state index in [4.69, 9.17) is 25.7 Å². The minimum absolute atomic E-state index is 0.0711. The van der Waals surface area contributed by atoms with Gasteiger partial charge in [0.1, 0.15) is 11.8 Å². The molecule has 2 atom stereocenters. The van der Waals surface area contributed by atoms with Gasteiger partial charge in [-0.15, -0.1) is 0 Å². The topological polar surface area (TPSA) is 204 Å². The van der Waals surface area contributed by atoms with Crippen molar-refractivity contribution in [2.45, 2.75) is 44.3 Å². The number of nitrogens with zero attached hydrogens (tertiary/aromatic N) is 1. The van der Waals surface area contributed by atoms with Crippen LogP contribution < -0.4 is 32.2 Å². The molecule has 0 bridgehead atoms. The lowest BCUT2D eigenvalue weighted by Crippen LogP contribution is -2.52. The second-order valence-corrected chi connectivity index (χ2v) is 10.5. The number of benzene rings is 2. The van der Waals surface area contributed by atoms with E-state index in [-0.39, 0.29) is 69.3 Å². The van der Waals surface area contributed by atoms with Gasteiger partial charge < -0.3 is 41.2 Å². The summed E-state index contributed by atoms with van der Waals surface area (Å²) in [6.07, 6.45) is 1.09. The predicted molar refractivity (Wildman–Crippen MR) is 160 cm³/mol. The molecule has 7 N–H and O–H groups in total. The fourth-order valence-corrected chi connectivity index (χ4v) is 4.93. The highest BCUT2D eigenvalue weighted by atomic mass is 16.5. The van der Waals surface area contributed by atoms with Gasteiger partial charge in [-0.1, -0.05) is 6.07 Å². The van der Waals surface area contributed by atoms with Crippen molar-refractivity contribution in [3.63, 3.8) is 0 Å². The Morgan fingerprint density at radius 2 is 1.89 bits per heavy atom. The molecule has 0 spiro atoms. The summed E-state index contributed by atoms with van der Waals surface area (Å²) in [6.45, 7) is 1.55. The smallest absolute Gasteiger partial charge is 0.255 e. The Hall–Kier alpha value is -4.53. The third-order valence-electron chi connectivity index (χ3n) is 7.24. The Kier molecular flexibility index (Phi) is 11.2. The number of nitrogens with one attached hydrogen (secondary N) is 3. The van der Waals surface area contributed by atoms with Crippen LogP contribution in [0.15, 0.2) is 36.4 Å². The molecule has 4 rings (SSSR count). The molecule has 0 radical (unpaired) electrons. The second-order valence-electron chi connectivity index (χ2n) is 10.5. The molecule has 44 heavy (non-hydrogen) atoms. The minimum Gasteiger partial charge on any atom is -0.495 e. The quantitative estimate of drug-likeness (QED) is 0.108. The fraction of sp³-hybridized carbons (Fsp3) is 0.433. The summed E-state index contributed by atoms with van der Waals surface area (Å²) >= 11 is 0. The molecular formula is C30H38N6O8. The third-order valence-corrected chi connectivity index (χ3v) is 7.24. The average molecular weight is 611 g/mol. The van der Waals surface area contributed by atoms with Crippen molar-refractivity contribution in [3.05, 3.63) is 53.1 Å². The number of ether oxygens (including phenoxy) is 3. The molecule has 5 amide bonds. The van der Waals surface area contributed by atoms with Gasteiger partial charge in [0.05, 0.1) is 45.1 Å². The molecule has 0 saturated carbocycles. The lowest BCUT2D eigenvalue weighted by molar-refractivity contribution is -0.137. The first-order valence-corrected chi connectivity index (χ1v) is 14.4. The van der Waals surface area contributed by atoms with Crippen LogP contribution in [0.1, 0.15) is 52.0 Å². The van der Waals surface area contributed by atoms with Crippen LogP contribution in [-0.2, 0) is 30.4 Å². The number of imide groups is 1. The first-order chi connectivity index (χ1) is 21.2. The largest absolute Gasteiger partial charge is 0.495 e. The third kappa shape index (κ3) is 8.30. The maximum absolute atomic E-state index is 13.0. The number of rotatable bonds is 15. The van der Waals surface area contributed by atoms with Gasteiger partial charge in [0.2, 0.25) is 17.7 Å². The molecule has 2 aliphatic heterocycles. The summed E-state index contributed by atoms with van der Waals surface area (Å²) in [5.74, 6) is -1.25. The monoisotopic (exact) mass is 610 g/mol. The first-order valence-electron chi connectivity index (χ1n) is 14.4. The van der Waals surface area contributed by atoms with E-state index in [0.717, 1.165) is 0 Å². The molecule has 14 heteroatoms. The number of hydrogen-bond acceptors (Lipinski definition) is 10. The Balaban J connectivity index is 1.09. The molecule has 0 aromatic heterocycles. The van der Waals surface area contributed by atoms with Crippen molar-refractivity contribution in [3.8, 4) is 5.75 Å². The number of piperidine rings is 1. The van der Waals surface area contributed by atoms with Crippen LogP contribution in [0.25, 0.3) is 0 Å². The normalized spacial score (nSPS) is 16.7. The molecular weight excluding hydrogens is 572 g/mol. The number of methoxy groups -OCH3 is 1. The zero-order valence-corrected chi connectivity index (χ0v) is 24.6. The summed E-state index contributed by atoms with van der Waals surface area (Å²) in [5, 5.41) is 7.91. The van der Waals surface area contributed by atoms with Crippen molar-refractivity contribution in [1.29, 1.82) is 0 Å². The first kappa shape index (κ1) is 32.4. The molecule has 2 aromatic rings. The van der Waals surface area contributed by atoms with E-state index in [1.54, 1.807) is 36.4 Å². The van der Waals surface area contributed by atoms with Gasteiger partial charge in [0.15, 0.2) is 0 Å². The number of carbonyl (C=O) groups is 5. The van der Waals surface area contributed by atoms with E-state index in [9.17, 15) is 24.0 Å². The average Bonchev–Trinajstić information content (AvgIpc) is 3.34. The van der Waals surface area contributed by atoms with Crippen LogP contribution in [0.3, 0.4) is 0 Å². The second kappa shape index (κ2) is 15.3. The van der Waals surface area contributed by atoms with Crippen LogP contribution in [0.4, 0.5) is 11.4 Å². The molecule has 0 aliphatic carbocycles. The summed E-state index contributed by atoms with van der Waals surface area (Å²) < 4.78 is 16.2. The number of carbonyl (C=O) groups excluding carboxylic acids is 5. The number of nitrogen functional groups attached to an aromatic ring is 1. The van der Waals surface area contributed by atoms with Crippen LogP contribution in [0.5, 0.6) is 5.75 Å². The number of anilines is 2. The number of amides is 5. The molecule has 236 valence electrons. The molecule has 2 unspecified atom stereocenters. The SMILES string of the molecule is COc1cc(C(=O)NCCCOCC(N)COCCC(=O)Nc2cccc3c2CN(C2CCC(=O)NC2=O)C3=O)ccc1N. The maximum atomic E-state index is 13.0. The van der Waals surface area contributed by atoms with E-state index >= 15 is 0 Å². The predicted octanol–water partition coefficient (Wildman–Crippen LogP) is 0.548. The van der Waals surface area contributed by atoms with E-state index in [1.165, 1.54) is 12.0 Å². The van der Waals surface area contributed by atoms with Crippen LogP contribution in [-0.4, -0.2) is 86.6 Å². The van der Waals surface area contributed by atoms with Crippen LogP contribution in [0, 0.1) is 0 Å². The molecule has 14 nitrogen and oxygen atoms in total. The highest BCUT2D eigenvalue weighted by Crippen LogP contribution is 2.32. The van der Waals surface area contributed by atoms with Crippen molar-refractivity contribution in [1.82, 2.24) is 15.5 Å². The van der Waals surface area contributed by atoms with E-state index in [1.807, 2.05) is 0 Å². The Morgan fingerprint density at radius 1 is 1.11 bits per heavy atom. The lowest BCUT2D eigenvalue weighted by Gasteiger charge is -2.29. The van der Waals surface area contributed by atoms with Gasteiger partial charge in [-0.25, -0.2) is 0 Å². The number of nitrogens with two attached hydrogens (primary N) is 2. The number of hydrogen-bond donors (Lipinski definition) is 5. The molecule has 2 aliphatic rings. The summed E-state index contributed by atoms with van der Waals surface area (Å²) in [6, 6.07) is 8.72. The molecule has 2 heterocycles. The van der Waals surface area contributed by atoms with Crippen LogP contribution in [0.2, 0.25) is 0 Å². The molecule has 1 saturated heterocycles. The Labute approximate surface area is 254 Å². The standard InChI is InChI=1S/C30H38N6O8/c1-42-25-14-18(6-7-22(25)32)28(39)33-11-3-12-43-16-19(31)17-44-13-10-27(38)34-23-5-2-4-20-21(23)15-36(30(20)41)24-8-9-26(37)35-29(24)40/h2,4-7,14,19,24H,3,8-13,15-17,31-32H2,1H3,(H,33,39)(H,34,38)(H,35,37,40). The summed E-state index contributed by atoms with van der Waals surface area (Å²) in [5.41, 5.74) is 14.2. The van der Waals surface area contributed by atoms with Gasteiger partial charge in [-0.3, -0.25) is 29.3 Å². The fourth-order valence-electron chi connectivity index (χ4n) is 4.93. The van der Waals surface area contributed by atoms with Gasteiger partial charge in [-0.05, 0) is 43.2 Å².